The molecule has 2 bridgehead atoms. The number of phosphoric ester groups is 1. The van der Waals surface area contributed by atoms with Gasteiger partial charge in [0.05, 0.1) is 28.4 Å². The highest BCUT2D eigenvalue weighted by Gasteiger charge is 2.77. The Kier molecular flexibility index (Phi) is 7.54. The lowest BCUT2D eigenvalue weighted by atomic mass is 9.99. The Hall–Kier alpha value is -5.02. The van der Waals surface area contributed by atoms with Gasteiger partial charge in [-0.05, 0) is 71.5 Å². The fourth-order valence-corrected chi connectivity index (χ4v) is 8.53. The van der Waals surface area contributed by atoms with Crippen molar-refractivity contribution in [1.82, 2.24) is 15.0 Å². The van der Waals surface area contributed by atoms with Gasteiger partial charge in [0.25, 0.3) is 5.95 Å². The number of hydrogen-bond acceptors (Lipinski definition) is 16. The molecule has 6 aliphatic heterocycles. The van der Waals surface area contributed by atoms with Crippen LogP contribution in [-0.2, 0) is 44.2 Å². The van der Waals surface area contributed by atoms with Crippen molar-refractivity contribution < 1.29 is 46.7 Å². The van der Waals surface area contributed by atoms with Crippen LogP contribution in [0.3, 0.4) is 0 Å². The number of rotatable bonds is 8. The number of para-hydroxylation sites is 2. The normalized spacial score (nSPS) is 24.3. The molecular formula is C34H35N6O10P. The molecule has 0 amide bonds. The van der Waals surface area contributed by atoms with Gasteiger partial charge in [-0.2, -0.15) is 19.6 Å². The van der Waals surface area contributed by atoms with Crippen molar-refractivity contribution in [2.24, 2.45) is 0 Å². The van der Waals surface area contributed by atoms with Gasteiger partial charge < -0.3 is 38.2 Å². The molecule has 0 radical (unpaired) electrons. The third-order valence-electron chi connectivity index (χ3n) is 9.65. The zero-order chi connectivity index (χ0) is 34.9. The van der Waals surface area contributed by atoms with Crippen molar-refractivity contribution in [2.45, 2.75) is 37.9 Å². The van der Waals surface area contributed by atoms with Crippen molar-refractivity contribution in [3.05, 3.63) is 70.8 Å². The first-order valence-electron chi connectivity index (χ1n) is 16.5. The standard InChI is InChI=1S/C34H35N6O10P/c1-42-26-13-20-9-11-38(17-22(20)15-28(26)44-3)31-35-32(39-12-10-21-14-27(43-2)29(45-4)16-23(21)18-39)37-33(36-31)40-34(48-51(41,49-34)50-40)30-19-46-24-7-5-6-8-25(24)47-30/h5-8,13-16,30H,9-12,17-19H2,1-4H3. The van der Waals surface area contributed by atoms with E-state index in [1.807, 2.05) is 36.4 Å². The second-order valence-corrected chi connectivity index (χ2v) is 14.0. The number of methoxy groups -OCH3 is 4. The molecule has 0 N–H and O–H groups in total. The summed E-state index contributed by atoms with van der Waals surface area (Å²) in [6.07, 6.45) is 0.528. The summed E-state index contributed by atoms with van der Waals surface area (Å²) in [4.78, 5) is 18.9. The van der Waals surface area contributed by atoms with Gasteiger partial charge in [0, 0.05) is 26.2 Å². The van der Waals surface area contributed by atoms with Gasteiger partial charge in [-0.3, -0.25) is 0 Å². The highest BCUT2D eigenvalue weighted by molar-refractivity contribution is 7.50. The molecule has 0 aliphatic carbocycles. The van der Waals surface area contributed by atoms with Crippen LogP contribution in [0.5, 0.6) is 34.5 Å². The Morgan fingerprint density at radius 1 is 0.706 bits per heavy atom. The van der Waals surface area contributed by atoms with E-state index in [2.05, 4.69) is 9.80 Å². The maximum atomic E-state index is 13.3. The molecule has 6 aliphatic rings. The second kappa shape index (κ2) is 12.0. The Morgan fingerprint density at radius 2 is 1.20 bits per heavy atom. The number of benzene rings is 3. The van der Waals surface area contributed by atoms with E-state index < -0.39 is 19.8 Å². The first-order chi connectivity index (χ1) is 24.8. The molecule has 3 saturated heterocycles. The number of phosphoric acid groups is 1. The summed E-state index contributed by atoms with van der Waals surface area (Å²) >= 11 is 0. The van der Waals surface area contributed by atoms with Crippen LogP contribution in [0.25, 0.3) is 0 Å². The number of hydrogen-bond donors (Lipinski definition) is 0. The quantitative estimate of drug-likeness (QED) is 0.236. The summed E-state index contributed by atoms with van der Waals surface area (Å²) in [6.45, 7) is 2.24. The molecule has 51 heavy (non-hydrogen) atoms. The van der Waals surface area contributed by atoms with Gasteiger partial charge in [0.15, 0.2) is 34.5 Å². The van der Waals surface area contributed by atoms with Gasteiger partial charge in [0.2, 0.25) is 18.0 Å². The average molecular weight is 719 g/mol. The van der Waals surface area contributed by atoms with E-state index in [1.54, 1.807) is 40.6 Å². The molecule has 4 aromatic rings. The fourth-order valence-electron chi connectivity index (χ4n) is 7.04. The molecule has 1 atom stereocenters. The molecule has 0 saturated carbocycles. The van der Waals surface area contributed by atoms with Crippen molar-refractivity contribution in [3.63, 3.8) is 0 Å². The summed E-state index contributed by atoms with van der Waals surface area (Å²) < 4.78 is 65.3. The van der Waals surface area contributed by atoms with E-state index in [0.29, 0.717) is 85.4 Å². The Bertz CT molecular complexity index is 1980. The SMILES string of the molecule is COc1cc2c(cc1OC)CN(c1nc(N3CCc4cc(OC)c(OC)cc4C3)nc(N3OP4(=O)OC3(C3COc5ccccc5O3)O4)n1)CC2. The second-order valence-electron chi connectivity index (χ2n) is 12.5. The van der Waals surface area contributed by atoms with Crippen LogP contribution in [-0.4, -0.2) is 75.1 Å². The highest BCUT2D eigenvalue weighted by atomic mass is 31.2. The van der Waals surface area contributed by atoms with Gasteiger partial charge in [-0.15, -0.1) is 5.06 Å². The zero-order valence-corrected chi connectivity index (χ0v) is 29.3. The molecule has 17 heteroatoms. The molecule has 1 unspecified atom stereocenters. The third kappa shape index (κ3) is 5.24. The maximum Gasteiger partial charge on any atom is 0.505 e. The van der Waals surface area contributed by atoms with E-state index in [-0.39, 0.29) is 12.6 Å². The number of ether oxygens (including phenoxy) is 6. The van der Waals surface area contributed by atoms with Crippen LogP contribution < -0.4 is 43.3 Å². The van der Waals surface area contributed by atoms with E-state index in [4.69, 9.17) is 57.0 Å². The molecular weight excluding hydrogens is 683 g/mol. The smallest absolute Gasteiger partial charge is 0.493 e. The lowest BCUT2D eigenvalue weighted by Gasteiger charge is -2.42. The third-order valence-corrected chi connectivity index (χ3v) is 11.0. The predicted molar refractivity (Wildman–Crippen MR) is 181 cm³/mol. The van der Waals surface area contributed by atoms with E-state index >= 15 is 0 Å². The van der Waals surface area contributed by atoms with Crippen molar-refractivity contribution in [3.8, 4) is 34.5 Å². The van der Waals surface area contributed by atoms with Crippen molar-refractivity contribution in [2.75, 3.05) is 63.0 Å². The van der Waals surface area contributed by atoms with Gasteiger partial charge >= 0.3 is 13.7 Å². The van der Waals surface area contributed by atoms with Crippen LogP contribution in [0.4, 0.5) is 17.8 Å². The van der Waals surface area contributed by atoms with Crippen molar-refractivity contribution >= 4 is 25.7 Å². The van der Waals surface area contributed by atoms with Gasteiger partial charge in [-0.25, -0.2) is 13.6 Å². The number of nitrogens with zero attached hydrogens (tertiary/aromatic N) is 6. The first-order valence-corrected chi connectivity index (χ1v) is 17.9. The summed E-state index contributed by atoms with van der Waals surface area (Å²) in [7, 11) is 2.54. The molecule has 266 valence electrons. The Labute approximate surface area is 293 Å². The van der Waals surface area contributed by atoms with Crippen LogP contribution >= 0.6 is 7.82 Å². The first kappa shape index (κ1) is 31.9. The summed E-state index contributed by atoms with van der Waals surface area (Å²) in [6, 6.07) is 15.2. The number of anilines is 3. The molecule has 16 nitrogen and oxygen atoms in total. The molecule has 10 rings (SSSR count). The topological polar surface area (TPSA) is 149 Å². The van der Waals surface area contributed by atoms with Crippen LogP contribution in [0.2, 0.25) is 0 Å². The number of aromatic nitrogens is 3. The molecule has 3 aromatic carbocycles. The van der Waals surface area contributed by atoms with Crippen molar-refractivity contribution in [1.29, 1.82) is 0 Å². The van der Waals surface area contributed by atoms with Crippen LogP contribution in [0, 0.1) is 0 Å². The molecule has 3 fully saturated rings. The zero-order valence-electron chi connectivity index (χ0n) is 28.4. The minimum Gasteiger partial charge on any atom is -0.493 e. The number of hydroxylamine groups is 1. The summed E-state index contributed by atoms with van der Waals surface area (Å²) in [5, 5.41) is 1.20. The maximum absolute atomic E-state index is 13.3. The lowest BCUT2D eigenvalue weighted by Crippen LogP contribution is -2.62. The summed E-state index contributed by atoms with van der Waals surface area (Å²) in [5.74, 6) is 2.74. The summed E-state index contributed by atoms with van der Waals surface area (Å²) in [5.41, 5.74) is 4.39. The Morgan fingerprint density at radius 3 is 1.73 bits per heavy atom. The Balaban J connectivity index is 1.10. The lowest BCUT2D eigenvalue weighted by molar-refractivity contribution is -0.233. The van der Waals surface area contributed by atoms with Gasteiger partial charge in [-0.1, -0.05) is 12.1 Å². The largest absolute Gasteiger partial charge is 0.505 e. The fraction of sp³-hybridized carbons (Fsp3) is 0.382. The average Bonchev–Trinajstić information content (AvgIpc) is 3.65. The molecule has 1 aromatic heterocycles. The van der Waals surface area contributed by atoms with E-state index in [9.17, 15) is 4.57 Å². The minimum atomic E-state index is -3.94. The van der Waals surface area contributed by atoms with Gasteiger partial charge in [0.1, 0.15) is 6.61 Å². The van der Waals surface area contributed by atoms with E-state index in [1.165, 1.54) is 5.06 Å². The highest BCUT2D eigenvalue weighted by Crippen LogP contribution is 2.75. The minimum absolute atomic E-state index is 0.0318. The van der Waals surface area contributed by atoms with E-state index in [0.717, 1.165) is 22.3 Å². The predicted octanol–water partition coefficient (Wildman–Crippen LogP) is 4.43. The van der Waals surface area contributed by atoms with Crippen LogP contribution in [0.1, 0.15) is 22.3 Å². The monoisotopic (exact) mass is 718 g/mol. The van der Waals surface area contributed by atoms with Crippen LogP contribution in [0.15, 0.2) is 48.5 Å². The number of fused-ring (bicyclic) bond motifs is 4. The molecule has 0 spiro atoms. The molecule has 7 heterocycles.